The highest BCUT2D eigenvalue weighted by molar-refractivity contribution is 7.77. The average molecular weight is 428 g/mol. The molecule has 0 unspecified atom stereocenters. The molecule has 0 saturated carbocycles. The molecule has 159 valence electrons. The van der Waals surface area contributed by atoms with Crippen molar-refractivity contribution in [1.82, 2.24) is 15.1 Å². The van der Waals surface area contributed by atoms with Gasteiger partial charge in [0, 0.05) is 56.6 Å². The minimum Gasteiger partial charge on any atom is -0.375 e. The lowest BCUT2D eigenvalue weighted by molar-refractivity contribution is 0.260. The Morgan fingerprint density at radius 3 is 2.57 bits per heavy atom. The maximum absolute atomic E-state index is 14.7. The monoisotopic (exact) mass is 428 g/mol. The van der Waals surface area contributed by atoms with E-state index in [1.165, 1.54) is 6.07 Å². The maximum atomic E-state index is 14.7. The first-order valence-corrected chi connectivity index (χ1v) is 12.5. The van der Waals surface area contributed by atoms with Crippen molar-refractivity contribution >= 4 is 23.6 Å². The standard InChI is InChI=1S/C23H28FN3O2P/c1-16(2)15-27-9-11-30(29,12-10-27)22-14-17(7-8-20(22)24)13-21-18-5-3-4-6-19(18)23(28)26-25-21/h3-8,14,16,29H,9-13,15H2,1-2H3,(H,26,28). The van der Waals surface area contributed by atoms with Gasteiger partial charge >= 0.3 is 0 Å². The zero-order chi connectivity index (χ0) is 21.3. The van der Waals surface area contributed by atoms with E-state index in [0.717, 1.165) is 36.3 Å². The fraction of sp³-hybridized carbons (Fsp3) is 0.391. The Morgan fingerprint density at radius 2 is 1.87 bits per heavy atom. The van der Waals surface area contributed by atoms with E-state index in [1.54, 1.807) is 12.1 Å². The van der Waals surface area contributed by atoms with Crippen LogP contribution in [0, 0.1) is 11.7 Å². The van der Waals surface area contributed by atoms with Crippen LogP contribution in [0.25, 0.3) is 10.8 Å². The molecule has 0 spiro atoms. The topological polar surface area (TPSA) is 69.2 Å². The summed E-state index contributed by atoms with van der Waals surface area (Å²) < 4.78 is 14.7. The first-order chi connectivity index (χ1) is 14.4. The highest BCUT2D eigenvalue weighted by Crippen LogP contribution is 2.55. The van der Waals surface area contributed by atoms with E-state index in [4.69, 9.17) is 0 Å². The van der Waals surface area contributed by atoms with Crippen LogP contribution in [0.2, 0.25) is 0 Å². The van der Waals surface area contributed by atoms with E-state index in [0.29, 0.717) is 35.4 Å². The third-order valence-electron chi connectivity index (χ3n) is 5.80. The summed E-state index contributed by atoms with van der Waals surface area (Å²) in [5.41, 5.74) is 1.40. The van der Waals surface area contributed by atoms with Crippen LogP contribution >= 0.6 is 7.49 Å². The zero-order valence-corrected chi connectivity index (χ0v) is 18.3. The molecular formula is C23H28FN3O2P. The second-order valence-corrected chi connectivity index (χ2v) is 11.8. The number of aromatic amines is 1. The first-order valence-electron chi connectivity index (χ1n) is 10.4. The van der Waals surface area contributed by atoms with E-state index < -0.39 is 7.49 Å². The molecule has 2 aromatic carbocycles. The van der Waals surface area contributed by atoms with E-state index >= 15 is 0 Å². The lowest BCUT2D eigenvalue weighted by Gasteiger charge is -2.40. The van der Waals surface area contributed by atoms with Crippen LogP contribution in [0.3, 0.4) is 0 Å². The van der Waals surface area contributed by atoms with Gasteiger partial charge in [-0.2, -0.15) is 5.10 Å². The minimum absolute atomic E-state index is 0.220. The smallest absolute Gasteiger partial charge is 0.272 e. The van der Waals surface area contributed by atoms with Gasteiger partial charge in [0.15, 0.2) is 0 Å². The zero-order valence-electron chi connectivity index (χ0n) is 17.4. The predicted octanol–water partition coefficient (Wildman–Crippen LogP) is 3.17. The lowest BCUT2D eigenvalue weighted by Crippen LogP contribution is -2.41. The molecule has 2 N–H and O–H groups in total. The molecule has 1 aliphatic heterocycles. The highest BCUT2D eigenvalue weighted by Gasteiger charge is 2.34. The molecule has 1 aliphatic rings. The SMILES string of the molecule is CC(C)CN1CC[P](O)(c2cc(Cc3n[nH]c(=O)c4ccccc34)ccc2F)CC1. The summed E-state index contributed by atoms with van der Waals surface area (Å²) in [6, 6.07) is 12.4. The molecule has 1 fully saturated rings. The van der Waals surface area contributed by atoms with Crippen molar-refractivity contribution in [3.8, 4) is 0 Å². The van der Waals surface area contributed by atoms with Crippen LogP contribution in [0.1, 0.15) is 25.1 Å². The molecule has 3 aromatic rings. The average Bonchev–Trinajstić information content (AvgIpc) is 2.73. The number of hydrogen-bond acceptors (Lipinski definition) is 4. The van der Waals surface area contributed by atoms with Gasteiger partial charge in [-0.1, -0.05) is 38.1 Å². The van der Waals surface area contributed by atoms with Crippen LogP contribution in [0.5, 0.6) is 0 Å². The molecule has 0 amide bonds. The number of aromatic nitrogens is 2. The van der Waals surface area contributed by atoms with Gasteiger partial charge in [-0.15, -0.1) is 0 Å². The van der Waals surface area contributed by atoms with Gasteiger partial charge in [0.05, 0.1) is 11.1 Å². The Balaban J connectivity index is 1.61. The Labute approximate surface area is 176 Å². The fourth-order valence-electron chi connectivity index (χ4n) is 4.26. The summed E-state index contributed by atoms with van der Waals surface area (Å²) in [4.78, 5) is 25.7. The van der Waals surface area contributed by atoms with E-state index in [-0.39, 0.29) is 11.4 Å². The minimum atomic E-state index is -2.52. The van der Waals surface area contributed by atoms with Gasteiger partial charge in [-0.3, -0.25) is 4.79 Å². The number of rotatable bonds is 5. The fourth-order valence-corrected chi connectivity index (χ4v) is 7.08. The van der Waals surface area contributed by atoms with Crippen molar-refractivity contribution in [2.45, 2.75) is 20.3 Å². The Kier molecular flexibility index (Phi) is 6.01. The number of fused-ring (bicyclic) bond motifs is 1. The van der Waals surface area contributed by atoms with Crippen molar-refractivity contribution in [1.29, 1.82) is 0 Å². The van der Waals surface area contributed by atoms with E-state index in [1.807, 2.05) is 24.3 Å². The van der Waals surface area contributed by atoms with Gasteiger partial charge in [0.1, 0.15) is 5.82 Å². The summed E-state index contributed by atoms with van der Waals surface area (Å²) in [5.74, 6) is 0.250. The van der Waals surface area contributed by atoms with Gasteiger partial charge in [0.25, 0.3) is 5.56 Å². The third kappa shape index (κ3) is 4.31. The highest BCUT2D eigenvalue weighted by atomic mass is 31.2. The molecule has 1 saturated heterocycles. The van der Waals surface area contributed by atoms with Gasteiger partial charge in [-0.05, 0) is 29.7 Å². The second kappa shape index (κ2) is 8.54. The number of benzene rings is 2. The largest absolute Gasteiger partial charge is 0.375 e. The maximum Gasteiger partial charge on any atom is 0.272 e. The molecule has 1 radical (unpaired) electrons. The van der Waals surface area contributed by atoms with Crippen molar-refractivity contribution in [3.05, 3.63) is 69.9 Å². The number of nitrogens with zero attached hydrogens (tertiary/aromatic N) is 2. The van der Waals surface area contributed by atoms with Crippen LogP contribution in [-0.2, 0) is 6.42 Å². The molecule has 4 rings (SSSR count). The summed E-state index contributed by atoms with van der Waals surface area (Å²) >= 11 is 0. The molecule has 0 atom stereocenters. The van der Waals surface area contributed by atoms with Crippen molar-refractivity contribution < 1.29 is 9.28 Å². The number of nitrogens with one attached hydrogen (secondary N) is 1. The number of hydrogen-bond donors (Lipinski definition) is 2. The van der Waals surface area contributed by atoms with Crippen molar-refractivity contribution in [2.75, 3.05) is 32.0 Å². The van der Waals surface area contributed by atoms with Crippen molar-refractivity contribution in [3.63, 3.8) is 0 Å². The molecule has 2 heterocycles. The van der Waals surface area contributed by atoms with Crippen molar-refractivity contribution in [2.24, 2.45) is 5.92 Å². The molecule has 0 bridgehead atoms. The predicted molar refractivity (Wildman–Crippen MR) is 121 cm³/mol. The summed E-state index contributed by atoms with van der Waals surface area (Å²) in [6.07, 6.45) is 1.71. The molecule has 7 heteroatoms. The molecule has 30 heavy (non-hydrogen) atoms. The summed E-state index contributed by atoms with van der Waals surface area (Å²) in [7, 11) is -2.52. The normalized spacial score (nSPS) is 17.0. The molecular weight excluding hydrogens is 400 g/mol. The molecule has 5 nitrogen and oxygen atoms in total. The van der Waals surface area contributed by atoms with Gasteiger partial charge in [-0.25, -0.2) is 9.49 Å². The van der Waals surface area contributed by atoms with Crippen LogP contribution in [0.4, 0.5) is 4.39 Å². The Hall–Kier alpha value is -2.14. The summed E-state index contributed by atoms with van der Waals surface area (Å²) in [5, 5.41) is 8.64. The molecule has 1 aromatic heterocycles. The van der Waals surface area contributed by atoms with E-state index in [9.17, 15) is 14.1 Å². The lowest BCUT2D eigenvalue weighted by atomic mass is 10.0. The Bertz CT molecular complexity index is 1110. The third-order valence-corrected chi connectivity index (χ3v) is 8.92. The number of halogens is 1. The van der Waals surface area contributed by atoms with E-state index in [2.05, 4.69) is 28.9 Å². The Morgan fingerprint density at radius 1 is 1.17 bits per heavy atom. The van der Waals surface area contributed by atoms with Gasteiger partial charge < -0.3 is 9.79 Å². The first kappa shape index (κ1) is 21.1. The molecule has 0 aliphatic carbocycles. The second-order valence-electron chi connectivity index (χ2n) is 8.57. The number of H-pyrrole nitrogens is 1. The van der Waals surface area contributed by atoms with Crippen LogP contribution < -0.4 is 10.9 Å². The van der Waals surface area contributed by atoms with Gasteiger partial charge in [0.2, 0.25) is 0 Å². The summed E-state index contributed by atoms with van der Waals surface area (Å²) in [6.45, 7) is 6.99. The van der Waals surface area contributed by atoms with Crippen LogP contribution in [0.15, 0.2) is 47.3 Å². The quantitative estimate of drug-likeness (QED) is 0.613. The van der Waals surface area contributed by atoms with Crippen LogP contribution in [-0.4, -0.2) is 51.9 Å².